The molecule has 1 amide bonds. The van der Waals surface area contributed by atoms with Gasteiger partial charge in [-0.2, -0.15) is 0 Å². The number of amides is 1. The fourth-order valence-corrected chi connectivity index (χ4v) is 2.83. The molecule has 0 atom stereocenters. The predicted octanol–water partition coefficient (Wildman–Crippen LogP) is 1.80. The number of nitrogens with zero attached hydrogens (tertiary/aromatic N) is 3. The molecule has 0 radical (unpaired) electrons. The van der Waals surface area contributed by atoms with E-state index < -0.39 is 15.9 Å². The summed E-state index contributed by atoms with van der Waals surface area (Å²) in [5.74, 6) is 0.563. The van der Waals surface area contributed by atoms with E-state index in [4.69, 9.17) is 0 Å². The maximum Gasteiger partial charge on any atom is 0.256 e. The molecule has 2 N–H and O–H groups in total. The van der Waals surface area contributed by atoms with Crippen molar-refractivity contribution in [3.05, 3.63) is 42.0 Å². The zero-order chi connectivity index (χ0) is 18.4. The number of rotatable bonds is 7. The van der Waals surface area contributed by atoms with Gasteiger partial charge in [0.25, 0.3) is 5.91 Å². The van der Waals surface area contributed by atoms with Crippen LogP contribution in [0.25, 0.3) is 0 Å². The molecule has 0 aliphatic heterocycles. The molecule has 0 bridgehead atoms. The summed E-state index contributed by atoms with van der Waals surface area (Å²) < 4.78 is 25.1. The Labute approximate surface area is 147 Å². The van der Waals surface area contributed by atoms with Crippen LogP contribution in [0.3, 0.4) is 0 Å². The number of hydrogen-bond acceptors (Lipinski definition) is 6. The van der Waals surface area contributed by atoms with Crippen LogP contribution in [0.2, 0.25) is 0 Å². The summed E-state index contributed by atoms with van der Waals surface area (Å²) in [4.78, 5) is 12.3. The van der Waals surface area contributed by atoms with Gasteiger partial charge in [0.2, 0.25) is 10.0 Å². The van der Waals surface area contributed by atoms with E-state index in [1.807, 2.05) is 6.92 Å². The quantitative estimate of drug-likeness (QED) is 0.777. The SMILES string of the molecule is CCCNc1ccc(NC(=O)c2ccc(S(=O)(=O)N(C)C)cc2)nn1. The summed E-state index contributed by atoms with van der Waals surface area (Å²) in [6.07, 6.45) is 0.972. The predicted molar refractivity (Wildman–Crippen MR) is 96.1 cm³/mol. The molecule has 8 nitrogen and oxygen atoms in total. The second kappa shape index (κ2) is 8.04. The lowest BCUT2D eigenvalue weighted by molar-refractivity contribution is 0.102. The second-order valence-corrected chi connectivity index (χ2v) is 7.65. The van der Waals surface area contributed by atoms with Gasteiger partial charge < -0.3 is 10.6 Å². The largest absolute Gasteiger partial charge is 0.369 e. The van der Waals surface area contributed by atoms with Gasteiger partial charge in [0.15, 0.2) is 5.82 Å². The summed E-state index contributed by atoms with van der Waals surface area (Å²) in [5.41, 5.74) is 0.327. The van der Waals surface area contributed by atoms with Crippen LogP contribution in [0.1, 0.15) is 23.7 Å². The Morgan fingerprint density at radius 2 is 1.64 bits per heavy atom. The van der Waals surface area contributed by atoms with Crippen molar-refractivity contribution < 1.29 is 13.2 Å². The highest BCUT2D eigenvalue weighted by Crippen LogP contribution is 2.15. The molecule has 2 aromatic rings. The maximum atomic E-state index is 12.2. The number of carbonyl (C=O) groups is 1. The molecule has 0 aliphatic rings. The van der Waals surface area contributed by atoms with Gasteiger partial charge in [0, 0.05) is 26.2 Å². The Hall–Kier alpha value is -2.52. The normalized spacial score (nSPS) is 11.4. The third-order valence-electron chi connectivity index (χ3n) is 3.36. The smallest absolute Gasteiger partial charge is 0.256 e. The number of nitrogens with one attached hydrogen (secondary N) is 2. The van der Waals surface area contributed by atoms with Crippen molar-refractivity contribution in [2.24, 2.45) is 0 Å². The van der Waals surface area contributed by atoms with Crippen molar-refractivity contribution in [3.8, 4) is 0 Å². The van der Waals surface area contributed by atoms with Crippen molar-refractivity contribution >= 4 is 27.6 Å². The molecule has 0 aliphatic carbocycles. The highest BCUT2D eigenvalue weighted by atomic mass is 32.2. The molecule has 1 heterocycles. The van der Waals surface area contributed by atoms with E-state index in [1.165, 1.54) is 38.4 Å². The van der Waals surface area contributed by atoms with Crippen LogP contribution in [-0.4, -0.2) is 49.5 Å². The summed E-state index contributed by atoms with van der Waals surface area (Å²) in [6, 6.07) is 9.08. The van der Waals surface area contributed by atoms with E-state index in [0.29, 0.717) is 17.2 Å². The molecular formula is C16H21N5O3S. The average molecular weight is 363 g/mol. The first kappa shape index (κ1) is 18.8. The number of hydrogen-bond donors (Lipinski definition) is 2. The monoisotopic (exact) mass is 363 g/mol. The number of anilines is 2. The number of sulfonamides is 1. The molecule has 25 heavy (non-hydrogen) atoms. The standard InChI is InChI=1S/C16H21N5O3S/c1-4-11-17-14-9-10-15(20-19-14)18-16(22)12-5-7-13(8-6-12)25(23,24)21(2)3/h5-10H,4,11H2,1-3H3,(H,17,19)(H,18,20,22). The fraction of sp³-hybridized carbons (Fsp3) is 0.312. The van der Waals surface area contributed by atoms with E-state index in [9.17, 15) is 13.2 Å². The zero-order valence-corrected chi connectivity index (χ0v) is 15.2. The Kier molecular flexibility index (Phi) is 6.05. The second-order valence-electron chi connectivity index (χ2n) is 5.50. The summed E-state index contributed by atoms with van der Waals surface area (Å²) in [5, 5.41) is 13.6. The molecule has 0 saturated carbocycles. The van der Waals surface area contributed by atoms with Gasteiger partial charge in [-0.25, -0.2) is 12.7 Å². The molecule has 0 saturated heterocycles. The average Bonchev–Trinajstić information content (AvgIpc) is 2.61. The van der Waals surface area contributed by atoms with Crippen molar-refractivity contribution in [2.45, 2.75) is 18.2 Å². The Balaban J connectivity index is 2.06. The molecule has 9 heteroatoms. The van der Waals surface area contributed by atoms with Crippen LogP contribution in [0, 0.1) is 0 Å². The van der Waals surface area contributed by atoms with Gasteiger partial charge in [-0.1, -0.05) is 6.92 Å². The first-order chi connectivity index (χ1) is 11.8. The van der Waals surface area contributed by atoms with Gasteiger partial charge in [0.1, 0.15) is 5.82 Å². The highest BCUT2D eigenvalue weighted by Gasteiger charge is 2.17. The minimum atomic E-state index is -3.52. The fourth-order valence-electron chi connectivity index (χ4n) is 1.92. The van der Waals surface area contributed by atoms with E-state index in [2.05, 4.69) is 20.8 Å². The molecule has 1 aromatic heterocycles. The summed E-state index contributed by atoms with van der Waals surface area (Å²) in [7, 11) is -0.614. The minimum absolute atomic E-state index is 0.125. The topological polar surface area (TPSA) is 104 Å². The van der Waals surface area contributed by atoms with Crippen LogP contribution < -0.4 is 10.6 Å². The molecule has 0 fully saturated rings. The molecule has 0 spiro atoms. The van der Waals surface area contributed by atoms with Gasteiger partial charge in [0.05, 0.1) is 4.90 Å². The van der Waals surface area contributed by atoms with Gasteiger partial charge in [-0.15, -0.1) is 10.2 Å². The maximum absolute atomic E-state index is 12.2. The lowest BCUT2D eigenvalue weighted by Crippen LogP contribution is -2.22. The van der Waals surface area contributed by atoms with E-state index >= 15 is 0 Å². The first-order valence-electron chi connectivity index (χ1n) is 7.76. The third-order valence-corrected chi connectivity index (χ3v) is 5.19. The number of carbonyl (C=O) groups excluding carboxylic acids is 1. The van der Waals surface area contributed by atoms with Crippen LogP contribution in [0.15, 0.2) is 41.3 Å². The van der Waals surface area contributed by atoms with Gasteiger partial charge >= 0.3 is 0 Å². The van der Waals surface area contributed by atoms with Crippen molar-refractivity contribution in [1.29, 1.82) is 0 Å². The van der Waals surface area contributed by atoms with Crippen molar-refractivity contribution in [1.82, 2.24) is 14.5 Å². The Bertz CT molecular complexity index is 818. The molecule has 0 unspecified atom stereocenters. The van der Waals surface area contributed by atoms with Crippen LogP contribution in [0.4, 0.5) is 11.6 Å². The van der Waals surface area contributed by atoms with E-state index in [-0.39, 0.29) is 4.90 Å². The Morgan fingerprint density at radius 3 is 2.16 bits per heavy atom. The summed E-state index contributed by atoms with van der Waals surface area (Å²) >= 11 is 0. The first-order valence-corrected chi connectivity index (χ1v) is 9.20. The lowest BCUT2D eigenvalue weighted by Gasteiger charge is -2.11. The summed E-state index contributed by atoms with van der Waals surface area (Å²) in [6.45, 7) is 2.84. The van der Waals surface area contributed by atoms with Crippen molar-refractivity contribution in [2.75, 3.05) is 31.3 Å². The van der Waals surface area contributed by atoms with Crippen LogP contribution in [-0.2, 0) is 10.0 Å². The minimum Gasteiger partial charge on any atom is -0.369 e. The molecular weight excluding hydrogens is 342 g/mol. The zero-order valence-electron chi connectivity index (χ0n) is 14.4. The van der Waals surface area contributed by atoms with Gasteiger partial charge in [-0.3, -0.25) is 4.79 Å². The van der Waals surface area contributed by atoms with Crippen molar-refractivity contribution in [3.63, 3.8) is 0 Å². The Morgan fingerprint density at radius 1 is 1.04 bits per heavy atom. The highest BCUT2D eigenvalue weighted by molar-refractivity contribution is 7.89. The van der Waals surface area contributed by atoms with Crippen LogP contribution >= 0.6 is 0 Å². The van der Waals surface area contributed by atoms with E-state index in [1.54, 1.807) is 12.1 Å². The van der Waals surface area contributed by atoms with Gasteiger partial charge in [-0.05, 0) is 42.8 Å². The number of aromatic nitrogens is 2. The molecule has 2 rings (SSSR count). The molecule has 134 valence electrons. The molecule has 1 aromatic carbocycles. The lowest BCUT2D eigenvalue weighted by atomic mass is 10.2. The van der Waals surface area contributed by atoms with E-state index in [0.717, 1.165) is 17.3 Å². The number of benzene rings is 1. The third kappa shape index (κ3) is 4.74. The van der Waals surface area contributed by atoms with Crippen LogP contribution in [0.5, 0.6) is 0 Å².